The molecule has 0 spiro atoms. The van der Waals surface area contributed by atoms with Gasteiger partial charge in [0.15, 0.2) is 0 Å². The quantitative estimate of drug-likeness (QED) is 0.587. The molecule has 3 heteroatoms. The van der Waals surface area contributed by atoms with E-state index in [1.807, 2.05) is 34.9 Å². The first-order valence-corrected chi connectivity index (χ1v) is 7.94. The number of carbonyl (C=O) groups is 1. The molecule has 3 aromatic carbocycles. The van der Waals surface area contributed by atoms with Crippen molar-refractivity contribution in [1.29, 1.82) is 0 Å². The number of carboxylic acids is 1. The molecule has 118 valence electrons. The maximum Gasteiger partial charge on any atom is 0.352 e. The van der Waals surface area contributed by atoms with Gasteiger partial charge in [0.05, 0.1) is 0 Å². The maximum absolute atomic E-state index is 11.7. The Morgan fingerprint density at radius 3 is 2.46 bits per heavy atom. The van der Waals surface area contributed by atoms with E-state index in [4.69, 9.17) is 0 Å². The van der Waals surface area contributed by atoms with Crippen molar-refractivity contribution in [3.63, 3.8) is 0 Å². The number of rotatable bonds is 3. The molecule has 0 bridgehead atoms. The molecule has 0 aliphatic carbocycles. The maximum atomic E-state index is 11.7. The fraction of sp³-hybridized carbons (Fsp3) is 0.0952. The Kier molecular flexibility index (Phi) is 3.35. The number of nitrogens with zero attached hydrogens (tertiary/aromatic N) is 1. The molecule has 0 atom stereocenters. The van der Waals surface area contributed by atoms with Gasteiger partial charge < -0.3 is 9.67 Å². The van der Waals surface area contributed by atoms with Gasteiger partial charge in [-0.1, -0.05) is 54.6 Å². The van der Waals surface area contributed by atoms with Crippen LogP contribution in [-0.2, 0) is 6.54 Å². The van der Waals surface area contributed by atoms with E-state index in [1.54, 1.807) is 6.07 Å². The molecule has 4 rings (SSSR count). The SMILES string of the molecule is Cc1cccc2cccc(Cn3c(C(=O)O)cc4ccccc43)c12. The molecule has 0 amide bonds. The van der Waals surface area contributed by atoms with Crippen LogP contribution in [0.5, 0.6) is 0 Å². The van der Waals surface area contributed by atoms with Gasteiger partial charge in [-0.25, -0.2) is 4.79 Å². The van der Waals surface area contributed by atoms with Gasteiger partial charge in [-0.05, 0) is 41.0 Å². The van der Waals surface area contributed by atoms with Crippen molar-refractivity contribution in [3.05, 3.63) is 83.6 Å². The largest absolute Gasteiger partial charge is 0.477 e. The van der Waals surface area contributed by atoms with Crippen LogP contribution in [0.15, 0.2) is 66.7 Å². The molecule has 0 unspecified atom stereocenters. The molecule has 0 aliphatic rings. The van der Waals surface area contributed by atoms with Gasteiger partial charge in [-0.3, -0.25) is 0 Å². The zero-order chi connectivity index (χ0) is 16.7. The summed E-state index contributed by atoms with van der Waals surface area (Å²) in [4.78, 5) is 11.7. The van der Waals surface area contributed by atoms with Crippen LogP contribution < -0.4 is 0 Å². The van der Waals surface area contributed by atoms with Crippen LogP contribution in [0.4, 0.5) is 0 Å². The standard InChI is InChI=1S/C21H17NO2/c1-14-6-4-8-15-9-5-10-17(20(14)15)13-22-18-11-3-2-7-16(18)12-19(22)21(23)24/h2-12H,13H2,1H3,(H,23,24). The molecule has 4 aromatic rings. The highest BCUT2D eigenvalue weighted by molar-refractivity contribution is 5.95. The Hall–Kier alpha value is -3.07. The van der Waals surface area contributed by atoms with E-state index in [0.29, 0.717) is 12.2 Å². The summed E-state index contributed by atoms with van der Waals surface area (Å²) in [5, 5.41) is 12.9. The molecule has 3 nitrogen and oxygen atoms in total. The molecular formula is C21H17NO2. The normalized spacial score (nSPS) is 11.2. The van der Waals surface area contributed by atoms with Crippen LogP contribution >= 0.6 is 0 Å². The number of benzene rings is 3. The summed E-state index contributed by atoms with van der Waals surface area (Å²) in [6, 6.07) is 22.0. The highest BCUT2D eigenvalue weighted by Crippen LogP contribution is 2.26. The zero-order valence-corrected chi connectivity index (χ0v) is 13.4. The fourth-order valence-electron chi connectivity index (χ4n) is 3.48. The number of aromatic carboxylic acids is 1. The van der Waals surface area contributed by atoms with Crippen LogP contribution in [0.1, 0.15) is 21.6 Å². The van der Waals surface area contributed by atoms with E-state index in [1.165, 1.54) is 16.3 Å². The summed E-state index contributed by atoms with van der Waals surface area (Å²) < 4.78 is 1.89. The van der Waals surface area contributed by atoms with E-state index >= 15 is 0 Å². The highest BCUT2D eigenvalue weighted by atomic mass is 16.4. The molecule has 1 heterocycles. The topological polar surface area (TPSA) is 42.2 Å². The lowest BCUT2D eigenvalue weighted by molar-refractivity contribution is 0.0686. The van der Waals surface area contributed by atoms with Gasteiger partial charge >= 0.3 is 5.97 Å². The zero-order valence-electron chi connectivity index (χ0n) is 13.4. The number of fused-ring (bicyclic) bond motifs is 2. The predicted octanol–water partition coefficient (Wildman–Crippen LogP) is 4.85. The number of para-hydroxylation sites is 1. The fourth-order valence-corrected chi connectivity index (χ4v) is 3.48. The van der Waals surface area contributed by atoms with Crippen molar-refractivity contribution in [1.82, 2.24) is 4.57 Å². The minimum Gasteiger partial charge on any atom is -0.477 e. The average Bonchev–Trinajstić information content (AvgIpc) is 2.94. The van der Waals surface area contributed by atoms with Crippen molar-refractivity contribution < 1.29 is 9.90 Å². The molecule has 24 heavy (non-hydrogen) atoms. The van der Waals surface area contributed by atoms with Crippen molar-refractivity contribution in [2.24, 2.45) is 0 Å². The van der Waals surface area contributed by atoms with Crippen molar-refractivity contribution in [3.8, 4) is 0 Å². The molecule has 0 radical (unpaired) electrons. The van der Waals surface area contributed by atoms with E-state index in [9.17, 15) is 9.90 Å². The average molecular weight is 315 g/mol. The van der Waals surface area contributed by atoms with E-state index in [0.717, 1.165) is 16.5 Å². The minimum absolute atomic E-state index is 0.321. The molecule has 0 saturated carbocycles. The molecule has 0 fully saturated rings. The monoisotopic (exact) mass is 315 g/mol. The second-order valence-corrected chi connectivity index (χ2v) is 6.07. The number of carboxylic acid groups (broad SMARTS) is 1. The first-order chi connectivity index (χ1) is 11.6. The molecule has 0 aliphatic heterocycles. The van der Waals surface area contributed by atoms with Gasteiger partial charge in [0, 0.05) is 17.4 Å². The lowest BCUT2D eigenvalue weighted by atomic mass is 10.00. The van der Waals surface area contributed by atoms with E-state index in [-0.39, 0.29) is 0 Å². The van der Waals surface area contributed by atoms with Crippen molar-refractivity contribution >= 4 is 27.6 Å². The third kappa shape index (κ3) is 2.26. The van der Waals surface area contributed by atoms with Gasteiger partial charge in [0.25, 0.3) is 0 Å². The summed E-state index contributed by atoms with van der Waals surface area (Å²) in [7, 11) is 0. The summed E-state index contributed by atoms with van der Waals surface area (Å²) >= 11 is 0. The second kappa shape index (κ2) is 5.53. The number of hydrogen-bond acceptors (Lipinski definition) is 1. The smallest absolute Gasteiger partial charge is 0.352 e. The van der Waals surface area contributed by atoms with E-state index < -0.39 is 5.97 Å². The lowest BCUT2D eigenvalue weighted by Gasteiger charge is -2.13. The summed E-state index contributed by atoms with van der Waals surface area (Å²) in [6.45, 7) is 2.63. The first kappa shape index (κ1) is 14.5. The Morgan fingerprint density at radius 1 is 0.958 bits per heavy atom. The highest BCUT2D eigenvalue weighted by Gasteiger charge is 2.15. The van der Waals surface area contributed by atoms with Gasteiger partial charge in [-0.2, -0.15) is 0 Å². The molecular weight excluding hydrogens is 298 g/mol. The third-order valence-corrected chi connectivity index (χ3v) is 4.56. The Labute approximate surface area is 139 Å². The van der Waals surface area contributed by atoms with Crippen molar-refractivity contribution in [2.75, 3.05) is 0 Å². The van der Waals surface area contributed by atoms with Crippen LogP contribution in [0.2, 0.25) is 0 Å². The van der Waals surface area contributed by atoms with Crippen LogP contribution in [0, 0.1) is 6.92 Å². The number of hydrogen-bond donors (Lipinski definition) is 1. The molecule has 1 N–H and O–H groups in total. The summed E-state index contributed by atoms with van der Waals surface area (Å²) in [5.74, 6) is -0.900. The summed E-state index contributed by atoms with van der Waals surface area (Å²) in [5.41, 5.74) is 3.60. The Balaban J connectivity index is 1.95. The lowest BCUT2D eigenvalue weighted by Crippen LogP contribution is -2.09. The Morgan fingerprint density at radius 2 is 1.67 bits per heavy atom. The molecule has 1 aromatic heterocycles. The van der Waals surface area contributed by atoms with Crippen LogP contribution in [-0.4, -0.2) is 15.6 Å². The van der Waals surface area contributed by atoms with Gasteiger partial charge in [0.2, 0.25) is 0 Å². The van der Waals surface area contributed by atoms with Crippen molar-refractivity contribution in [2.45, 2.75) is 13.5 Å². The second-order valence-electron chi connectivity index (χ2n) is 6.07. The number of aryl methyl sites for hydroxylation is 1. The van der Waals surface area contributed by atoms with E-state index in [2.05, 4.69) is 37.3 Å². The van der Waals surface area contributed by atoms with Crippen LogP contribution in [0.3, 0.4) is 0 Å². The van der Waals surface area contributed by atoms with Crippen LogP contribution in [0.25, 0.3) is 21.7 Å². The van der Waals surface area contributed by atoms with Gasteiger partial charge in [-0.15, -0.1) is 0 Å². The number of aromatic nitrogens is 1. The molecule has 0 saturated heterocycles. The third-order valence-electron chi connectivity index (χ3n) is 4.56. The first-order valence-electron chi connectivity index (χ1n) is 7.94. The Bertz CT molecular complexity index is 1070. The van der Waals surface area contributed by atoms with Gasteiger partial charge in [0.1, 0.15) is 5.69 Å². The predicted molar refractivity (Wildman–Crippen MR) is 96.7 cm³/mol. The minimum atomic E-state index is -0.900. The summed E-state index contributed by atoms with van der Waals surface area (Å²) in [6.07, 6.45) is 0.